The molecule has 2 aliphatic heterocycles. The van der Waals surface area contributed by atoms with Gasteiger partial charge < -0.3 is 5.32 Å². The predicted molar refractivity (Wildman–Crippen MR) is 98.2 cm³/mol. The minimum absolute atomic E-state index is 0.0140. The van der Waals surface area contributed by atoms with Crippen molar-refractivity contribution in [2.24, 2.45) is 15.9 Å². The average molecular weight is 347 g/mol. The Kier molecular flexibility index (Phi) is 5.87. The monoisotopic (exact) mass is 347 g/mol. The maximum atomic E-state index is 12.4. The zero-order chi connectivity index (χ0) is 16.9. The number of carbonyl (C=O) groups excluding carboxylic acids is 2. The molecule has 24 heavy (non-hydrogen) atoms. The summed E-state index contributed by atoms with van der Waals surface area (Å²) < 4.78 is 0. The van der Waals surface area contributed by atoms with Crippen molar-refractivity contribution in [3.05, 3.63) is 10.5 Å². The molecular formula is C18H25N3O2S. The molecule has 0 aromatic heterocycles. The summed E-state index contributed by atoms with van der Waals surface area (Å²) in [6, 6.07) is 0. The first-order valence-electron chi connectivity index (χ1n) is 9.05. The minimum Gasteiger partial charge on any atom is -0.356 e. The van der Waals surface area contributed by atoms with E-state index in [1.54, 1.807) is 11.8 Å². The lowest BCUT2D eigenvalue weighted by Crippen LogP contribution is -2.28. The van der Waals surface area contributed by atoms with Gasteiger partial charge in [-0.05, 0) is 42.6 Å². The van der Waals surface area contributed by atoms with Gasteiger partial charge >= 0.3 is 0 Å². The third kappa shape index (κ3) is 3.97. The van der Waals surface area contributed by atoms with Crippen LogP contribution in [0, 0.1) is 5.92 Å². The summed E-state index contributed by atoms with van der Waals surface area (Å²) in [6.07, 6.45) is 8.50. The van der Waals surface area contributed by atoms with Gasteiger partial charge in [-0.3, -0.25) is 9.59 Å². The molecular weight excluding hydrogens is 322 g/mol. The number of nitrogens with zero attached hydrogens (tertiary/aromatic N) is 2. The summed E-state index contributed by atoms with van der Waals surface area (Å²) in [5, 5.41) is 3.80. The molecule has 0 saturated heterocycles. The fourth-order valence-corrected chi connectivity index (χ4v) is 4.73. The van der Waals surface area contributed by atoms with E-state index in [0.717, 1.165) is 50.1 Å². The van der Waals surface area contributed by atoms with Crippen LogP contribution < -0.4 is 5.32 Å². The molecule has 1 unspecified atom stereocenters. The van der Waals surface area contributed by atoms with E-state index in [1.165, 1.54) is 16.9 Å². The Bertz CT molecular complexity index is 622. The summed E-state index contributed by atoms with van der Waals surface area (Å²) in [7, 11) is 0. The van der Waals surface area contributed by atoms with Gasteiger partial charge in [0.1, 0.15) is 11.8 Å². The summed E-state index contributed by atoms with van der Waals surface area (Å²) in [4.78, 5) is 34.3. The summed E-state index contributed by atoms with van der Waals surface area (Å²) in [6.45, 7) is 2.86. The standard InChI is InChI=1S/C18H25N3O2S/c1-2-3-6-11-19-15(22)10-9-14-20-17(23)16-12-7-4-5-8-13(12)24-18(16)21-14/h16H,2-11H2,1H3,(H,19,22). The smallest absolute Gasteiger partial charge is 0.261 e. The van der Waals surface area contributed by atoms with Crippen LogP contribution in [0.5, 0.6) is 0 Å². The number of hydrogen-bond donors (Lipinski definition) is 1. The second-order valence-electron chi connectivity index (χ2n) is 6.56. The normalized spacial score (nSPS) is 22.7. The molecule has 5 nitrogen and oxygen atoms in total. The third-order valence-electron chi connectivity index (χ3n) is 4.68. The minimum atomic E-state index is -0.211. The third-order valence-corrected chi connectivity index (χ3v) is 5.93. The maximum absolute atomic E-state index is 12.4. The highest BCUT2D eigenvalue weighted by Gasteiger charge is 2.40. The number of hydrogen-bond acceptors (Lipinski definition) is 4. The van der Waals surface area contributed by atoms with Crippen molar-refractivity contribution in [1.29, 1.82) is 0 Å². The second kappa shape index (κ2) is 8.10. The Labute approximate surface area is 147 Å². The molecule has 1 N–H and O–H groups in total. The molecule has 1 aliphatic carbocycles. The lowest BCUT2D eigenvalue weighted by Gasteiger charge is -2.18. The van der Waals surface area contributed by atoms with Crippen molar-refractivity contribution in [2.45, 2.75) is 64.7 Å². The molecule has 130 valence electrons. The zero-order valence-corrected chi connectivity index (χ0v) is 15.1. The summed E-state index contributed by atoms with van der Waals surface area (Å²) in [5.74, 6) is 0.233. The number of fused-ring (bicyclic) bond motifs is 2. The molecule has 2 amide bonds. The SMILES string of the molecule is CCCCCNC(=O)CCC1=NC(=O)C2C(=N1)SC1=C2CCCC1. The Morgan fingerprint density at radius 2 is 2.08 bits per heavy atom. The lowest BCUT2D eigenvalue weighted by atomic mass is 9.89. The Hall–Kier alpha value is -1.43. The van der Waals surface area contributed by atoms with Gasteiger partial charge in [-0.25, -0.2) is 4.99 Å². The van der Waals surface area contributed by atoms with Crippen molar-refractivity contribution < 1.29 is 9.59 Å². The maximum Gasteiger partial charge on any atom is 0.261 e. The van der Waals surface area contributed by atoms with Crippen LogP contribution in [-0.4, -0.2) is 29.2 Å². The van der Waals surface area contributed by atoms with Crippen molar-refractivity contribution in [3.8, 4) is 0 Å². The Morgan fingerprint density at radius 1 is 1.25 bits per heavy atom. The van der Waals surface area contributed by atoms with Crippen LogP contribution >= 0.6 is 11.8 Å². The summed E-state index contributed by atoms with van der Waals surface area (Å²) >= 11 is 1.67. The number of thioether (sulfide) groups is 1. The first-order chi connectivity index (χ1) is 11.7. The number of unbranched alkanes of at least 4 members (excludes halogenated alkanes) is 2. The van der Waals surface area contributed by atoms with E-state index in [9.17, 15) is 9.59 Å². The topological polar surface area (TPSA) is 70.9 Å². The molecule has 0 aromatic rings. The van der Waals surface area contributed by atoms with E-state index in [0.29, 0.717) is 18.7 Å². The largest absolute Gasteiger partial charge is 0.356 e. The van der Waals surface area contributed by atoms with E-state index in [4.69, 9.17) is 0 Å². The number of nitrogens with one attached hydrogen (secondary N) is 1. The first-order valence-corrected chi connectivity index (χ1v) is 9.87. The van der Waals surface area contributed by atoms with E-state index in [1.807, 2.05) is 0 Å². The van der Waals surface area contributed by atoms with Crippen LogP contribution in [-0.2, 0) is 9.59 Å². The van der Waals surface area contributed by atoms with Gasteiger partial charge in [-0.15, -0.1) is 0 Å². The highest BCUT2D eigenvalue weighted by atomic mass is 32.2. The number of rotatable bonds is 7. The lowest BCUT2D eigenvalue weighted by molar-refractivity contribution is -0.121. The molecule has 0 spiro atoms. The van der Waals surface area contributed by atoms with Gasteiger partial charge in [-0.2, -0.15) is 4.99 Å². The van der Waals surface area contributed by atoms with Gasteiger partial charge in [0.05, 0.1) is 5.04 Å². The average Bonchev–Trinajstić information content (AvgIpc) is 2.95. The van der Waals surface area contributed by atoms with Crippen LogP contribution in [0.3, 0.4) is 0 Å². The quantitative estimate of drug-likeness (QED) is 0.715. The fourth-order valence-electron chi connectivity index (χ4n) is 3.37. The molecule has 2 heterocycles. The summed E-state index contributed by atoms with van der Waals surface area (Å²) in [5.41, 5.74) is 1.26. The number of amides is 2. The Morgan fingerprint density at radius 3 is 2.92 bits per heavy atom. The van der Waals surface area contributed by atoms with Gasteiger partial charge in [0.15, 0.2) is 0 Å². The molecule has 0 bridgehead atoms. The fraction of sp³-hybridized carbons (Fsp3) is 0.667. The van der Waals surface area contributed by atoms with Crippen molar-refractivity contribution in [3.63, 3.8) is 0 Å². The van der Waals surface area contributed by atoms with Gasteiger partial charge in [0.25, 0.3) is 5.91 Å². The van der Waals surface area contributed by atoms with E-state index in [2.05, 4.69) is 22.2 Å². The van der Waals surface area contributed by atoms with Crippen molar-refractivity contribution >= 4 is 34.5 Å². The predicted octanol–water partition coefficient (Wildman–Crippen LogP) is 3.60. The number of allylic oxidation sites excluding steroid dienone is 1. The molecule has 3 aliphatic rings. The van der Waals surface area contributed by atoms with Gasteiger partial charge in [0, 0.05) is 19.4 Å². The van der Waals surface area contributed by atoms with E-state index >= 15 is 0 Å². The molecule has 0 fully saturated rings. The van der Waals surface area contributed by atoms with Gasteiger partial charge in [0.2, 0.25) is 5.91 Å². The molecule has 0 saturated carbocycles. The molecule has 0 aromatic carbocycles. The Balaban J connectivity index is 1.52. The first kappa shape index (κ1) is 17.4. The molecule has 3 rings (SSSR count). The molecule has 0 radical (unpaired) electrons. The van der Waals surface area contributed by atoms with E-state index < -0.39 is 0 Å². The van der Waals surface area contributed by atoms with Crippen LogP contribution in [0.4, 0.5) is 0 Å². The molecule has 6 heteroatoms. The van der Waals surface area contributed by atoms with Gasteiger partial charge in [-0.1, -0.05) is 31.5 Å². The van der Waals surface area contributed by atoms with Crippen LogP contribution in [0.25, 0.3) is 0 Å². The second-order valence-corrected chi connectivity index (χ2v) is 7.68. The van der Waals surface area contributed by atoms with E-state index in [-0.39, 0.29) is 17.7 Å². The van der Waals surface area contributed by atoms with Crippen LogP contribution in [0.15, 0.2) is 20.5 Å². The van der Waals surface area contributed by atoms with Crippen molar-refractivity contribution in [1.82, 2.24) is 5.32 Å². The zero-order valence-electron chi connectivity index (χ0n) is 14.3. The number of aliphatic imine (C=N–C) groups is 2. The number of carbonyl (C=O) groups is 2. The number of amidine groups is 1. The van der Waals surface area contributed by atoms with Crippen LogP contribution in [0.1, 0.15) is 64.7 Å². The highest BCUT2D eigenvalue weighted by Crippen LogP contribution is 2.47. The van der Waals surface area contributed by atoms with Crippen LogP contribution in [0.2, 0.25) is 0 Å². The highest BCUT2D eigenvalue weighted by molar-refractivity contribution is 8.17. The molecule has 1 atom stereocenters. The van der Waals surface area contributed by atoms with Crippen molar-refractivity contribution in [2.75, 3.05) is 6.54 Å².